The Kier molecular flexibility index (Phi) is 7.05. The zero-order valence-corrected chi connectivity index (χ0v) is 18.2. The summed E-state index contributed by atoms with van der Waals surface area (Å²) >= 11 is 18.2. The van der Waals surface area contributed by atoms with E-state index in [0.717, 1.165) is 5.56 Å². The predicted octanol–water partition coefficient (Wildman–Crippen LogP) is 4.51. The van der Waals surface area contributed by atoms with Gasteiger partial charge in [-0.15, -0.1) is 0 Å². The molecule has 3 aromatic rings. The maximum atomic E-state index is 12.2. The summed E-state index contributed by atoms with van der Waals surface area (Å²) in [5.41, 5.74) is 2.03. The van der Waals surface area contributed by atoms with Crippen molar-refractivity contribution in [3.63, 3.8) is 0 Å². The number of halogens is 3. The van der Waals surface area contributed by atoms with E-state index in [2.05, 4.69) is 15.5 Å². The number of carbonyl (C=O) groups excluding carboxylic acids is 1. The molecule has 1 aromatic carbocycles. The standard InChI is InChI=1S/C19H20Cl3N5O2/c1-12-4-5-14(20)16(10-12)29-11-26-9-6-15(25-26)19(28)23-7-3-8-27-18(22)17(21)13(2)24-27/h4-6,9-10H,3,7-8,11H2,1-2H3,(H,23,28). The topological polar surface area (TPSA) is 74.0 Å². The number of aromatic nitrogens is 4. The van der Waals surface area contributed by atoms with Crippen molar-refractivity contribution in [2.45, 2.75) is 33.5 Å². The van der Waals surface area contributed by atoms with E-state index in [0.29, 0.717) is 51.8 Å². The van der Waals surface area contributed by atoms with Crippen molar-refractivity contribution in [3.05, 3.63) is 62.6 Å². The van der Waals surface area contributed by atoms with E-state index in [9.17, 15) is 4.79 Å². The van der Waals surface area contributed by atoms with Crippen molar-refractivity contribution < 1.29 is 9.53 Å². The molecule has 2 heterocycles. The Morgan fingerprint density at radius 2 is 1.97 bits per heavy atom. The average Bonchev–Trinajstić information content (AvgIpc) is 3.27. The van der Waals surface area contributed by atoms with Gasteiger partial charge in [0.25, 0.3) is 5.91 Å². The molecule has 7 nitrogen and oxygen atoms in total. The van der Waals surface area contributed by atoms with Crippen LogP contribution < -0.4 is 10.1 Å². The normalized spacial score (nSPS) is 10.9. The number of carbonyl (C=O) groups is 1. The highest BCUT2D eigenvalue weighted by molar-refractivity contribution is 6.41. The monoisotopic (exact) mass is 455 g/mol. The van der Waals surface area contributed by atoms with E-state index in [4.69, 9.17) is 39.5 Å². The molecule has 0 fully saturated rings. The van der Waals surface area contributed by atoms with Gasteiger partial charge in [0.2, 0.25) is 0 Å². The van der Waals surface area contributed by atoms with Crippen molar-refractivity contribution in [2.75, 3.05) is 6.54 Å². The molecule has 0 saturated carbocycles. The first-order valence-corrected chi connectivity index (χ1v) is 10.1. The van der Waals surface area contributed by atoms with Crippen molar-refractivity contribution >= 4 is 40.7 Å². The summed E-state index contributed by atoms with van der Waals surface area (Å²) in [6.45, 7) is 4.89. The summed E-state index contributed by atoms with van der Waals surface area (Å²) < 4.78 is 8.82. The Hall–Kier alpha value is -2.22. The van der Waals surface area contributed by atoms with Gasteiger partial charge in [0.05, 0.1) is 10.7 Å². The van der Waals surface area contributed by atoms with Crippen LogP contribution in [0.4, 0.5) is 0 Å². The van der Waals surface area contributed by atoms with E-state index in [1.807, 2.05) is 19.1 Å². The van der Waals surface area contributed by atoms with E-state index in [1.165, 1.54) is 4.68 Å². The van der Waals surface area contributed by atoms with Crippen LogP contribution in [0.1, 0.15) is 28.2 Å². The van der Waals surface area contributed by atoms with Crippen LogP contribution in [0.3, 0.4) is 0 Å². The first kappa shape index (κ1) is 21.5. The summed E-state index contributed by atoms with van der Waals surface area (Å²) in [7, 11) is 0. The van der Waals surface area contributed by atoms with Gasteiger partial charge in [0.1, 0.15) is 21.6 Å². The molecule has 0 aliphatic rings. The molecule has 0 aliphatic carbocycles. The van der Waals surface area contributed by atoms with Crippen LogP contribution in [0, 0.1) is 13.8 Å². The quantitative estimate of drug-likeness (QED) is 0.506. The van der Waals surface area contributed by atoms with Gasteiger partial charge in [0.15, 0.2) is 6.73 Å². The zero-order valence-electron chi connectivity index (χ0n) is 16.0. The summed E-state index contributed by atoms with van der Waals surface area (Å²) in [4.78, 5) is 12.2. The number of rotatable bonds is 8. The van der Waals surface area contributed by atoms with Crippen molar-refractivity contribution in [3.8, 4) is 5.75 Å². The smallest absolute Gasteiger partial charge is 0.271 e. The van der Waals surface area contributed by atoms with Crippen LogP contribution in [-0.2, 0) is 13.3 Å². The second-order valence-electron chi connectivity index (χ2n) is 6.47. The number of ether oxygens (including phenoxy) is 1. The molecule has 29 heavy (non-hydrogen) atoms. The average molecular weight is 457 g/mol. The number of hydrogen-bond acceptors (Lipinski definition) is 4. The van der Waals surface area contributed by atoms with Gasteiger partial charge in [-0.05, 0) is 44.0 Å². The van der Waals surface area contributed by atoms with Gasteiger partial charge in [-0.25, -0.2) is 4.68 Å². The summed E-state index contributed by atoms with van der Waals surface area (Å²) in [6, 6.07) is 7.16. The second-order valence-corrected chi connectivity index (χ2v) is 7.61. The van der Waals surface area contributed by atoms with Crippen LogP contribution in [0.2, 0.25) is 15.2 Å². The van der Waals surface area contributed by atoms with Crippen LogP contribution in [0.25, 0.3) is 0 Å². The van der Waals surface area contributed by atoms with Crippen LogP contribution >= 0.6 is 34.8 Å². The minimum absolute atomic E-state index is 0.147. The SMILES string of the molecule is Cc1ccc(Cl)c(OCn2ccc(C(=O)NCCCn3nc(C)c(Cl)c3Cl)n2)c1. The van der Waals surface area contributed by atoms with Crippen LogP contribution in [-0.4, -0.2) is 32.0 Å². The predicted molar refractivity (Wildman–Crippen MR) is 113 cm³/mol. The van der Waals surface area contributed by atoms with E-state index < -0.39 is 0 Å². The molecule has 0 saturated heterocycles. The van der Waals surface area contributed by atoms with Gasteiger partial charge in [0, 0.05) is 19.3 Å². The van der Waals surface area contributed by atoms with E-state index in [1.54, 1.807) is 29.9 Å². The molecule has 0 atom stereocenters. The van der Waals surface area contributed by atoms with E-state index >= 15 is 0 Å². The van der Waals surface area contributed by atoms with E-state index in [-0.39, 0.29) is 12.6 Å². The molecular weight excluding hydrogens is 437 g/mol. The molecular formula is C19H20Cl3N5O2. The minimum atomic E-state index is -0.266. The lowest BCUT2D eigenvalue weighted by Gasteiger charge is -2.08. The minimum Gasteiger partial charge on any atom is -0.470 e. The molecule has 1 amide bonds. The Bertz CT molecular complexity index is 1020. The third-order valence-corrected chi connectivity index (χ3v) is 5.39. The lowest BCUT2D eigenvalue weighted by atomic mass is 10.2. The van der Waals surface area contributed by atoms with Gasteiger partial charge in [-0.2, -0.15) is 10.2 Å². The highest BCUT2D eigenvalue weighted by Crippen LogP contribution is 2.26. The zero-order chi connectivity index (χ0) is 21.0. The maximum Gasteiger partial charge on any atom is 0.271 e. The largest absolute Gasteiger partial charge is 0.470 e. The Balaban J connectivity index is 1.46. The Morgan fingerprint density at radius 1 is 1.17 bits per heavy atom. The molecule has 0 bridgehead atoms. The molecule has 154 valence electrons. The maximum absolute atomic E-state index is 12.2. The number of nitrogens with zero attached hydrogens (tertiary/aromatic N) is 4. The summed E-state index contributed by atoms with van der Waals surface area (Å²) in [5.74, 6) is 0.305. The summed E-state index contributed by atoms with van der Waals surface area (Å²) in [6.07, 6.45) is 2.32. The highest BCUT2D eigenvalue weighted by atomic mass is 35.5. The lowest BCUT2D eigenvalue weighted by Crippen LogP contribution is -2.26. The second kappa shape index (κ2) is 9.52. The van der Waals surface area contributed by atoms with Gasteiger partial charge in [-0.3, -0.25) is 9.48 Å². The Labute approximate surface area is 183 Å². The molecule has 2 aromatic heterocycles. The first-order valence-electron chi connectivity index (χ1n) is 8.94. The summed E-state index contributed by atoms with van der Waals surface area (Å²) in [5, 5.41) is 12.7. The molecule has 0 unspecified atom stereocenters. The number of nitrogens with one attached hydrogen (secondary N) is 1. The fraction of sp³-hybridized carbons (Fsp3) is 0.316. The van der Waals surface area contributed by atoms with Gasteiger partial charge < -0.3 is 10.1 Å². The van der Waals surface area contributed by atoms with Gasteiger partial charge in [-0.1, -0.05) is 40.9 Å². The fourth-order valence-corrected chi connectivity index (χ4v) is 3.18. The van der Waals surface area contributed by atoms with Crippen LogP contribution in [0.15, 0.2) is 30.5 Å². The number of aryl methyl sites for hydroxylation is 3. The van der Waals surface area contributed by atoms with Crippen molar-refractivity contribution in [2.24, 2.45) is 0 Å². The molecule has 3 rings (SSSR count). The van der Waals surface area contributed by atoms with Crippen LogP contribution in [0.5, 0.6) is 5.75 Å². The highest BCUT2D eigenvalue weighted by Gasteiger charge is 2.12. The molecule has 1 N–H and O–H groups in total. The molecule has 0 spiro atoms. The third-order valence-electron chi connectivity index (χ3n) is 4.14. The third kappa shape index (κ3) is 5.44. The number of benzene rings is 1. The lowest BCUT2D eigenvalue weighted by molar-refractivity contribution is 0.0945. The Morgan fingerprint density at radius 3 is 2.69 bits per heavy atom. The van der Waals surface area contributed by atoms with Crippen molar-refractivity contribution in [1.29, 1.82) is 0 Å². The molecule has 0 radical (unpaired) electrons. The van der Waals surface area contributed by atoms with Crippen molar-refractivity contribution in [1.82, 2.24) is 24.9 Å². The number of amides is 1. The van der Waals surface area contributed by atoms with Gasteiger partial charge >= 0.3 is 0 Å². The first-order chi connectivity index (χ1) is 13.8. The molecule has 10 heteroatoms. The number of hydrogen-bond donors (Lipinski definition) is 1. The fourth-order valence-electron chi connectivity index (χ4n) is 2.61. The molecule has 0 aliphatic heterocycles.